The second-order valence-corrected chi connectivity index (χ2v) is 8.21. The molecular formula is C13H16F3O7S-. The van der Waals surface area contributed by atoms with Gasteiger partial charge < -0.3 is 14.0 Å². The van der Waals surface area contributed by atoms with Crippen molar-refractivity contribution >= 4 is 22.1 Å². The highest BCUT2D eigenvalue weighted by molar-refractivity contribution is 7.86. The van der Waals surface area contributed by atoms with Gasteiger partial charge in [-0.25, -0.2) is 17.6 Å². The molecule has 11 heteroatoms. The van der Waals surface area contributed by atoms with Gasteiger partial charge in [-0.3, -0.25) is 4.79 Å². The van der Waals surface area contributed by atoms with Crippen LogP contribution in [0.2, 0.25) is 0 Å². The number of rotatable bonds is 5. The summed E-state index contributed by atoms with van der Waals surface area (Å²) in [5, 5.41) is -5.24. The van der Waals surface area contributed by atoms with E-state index in [0.29, 0.717) is 0 Å². The Morgan fingerprint density at radius 3 is 2.29 bits per heavy atom. The normalized spacial score (nSPS) is 33.2. The van der Waals surface area contributed by atoms with Crippen molar-refractivity contribution in [2.45, 2.75) is 50.6 Å². The molecule has 2 rings (SSSR count). The number of ether oxygens (including phenoxy) is 2. The van der Waals surface area contributed by atoms with E-state index in [9.17, 15) is 35.7 Å². The van der Waals surface area contributed by atoms with Crippen LogP contribution in [0.1, 0.15) is 33.6 Å². The number of fused-ring (bicyclic) bond motifs is 2. The molecule has 0 aromatic rings. The van der Waals surface area contributed by atoms with Crippen molar-refractivity contribution in [3.05, 3.63) is 0 Å². The largest absolute Gasteiger partial charge is 0.743 e. The first-order valence-electron chi connectivity index (χ1n) is 7.01. The van der Waals surface area contributed by atoms with Crippen LogP contribution >= 0.6 is 0 Å². The van der Waals surface area contributed by atoms with E-state index >= 15 is 0 Å². The topological polar surface area (TPSA) is 110 Å². The molecule has 0 spiro atoms. The Morgan fingerprint density at radius 2 is 1.92 bits per heavy atom. The molecule has 0 radical (unpaired) electrons. The van der Waals surface area contributed by atoms with E-state index in [1.165, 1.54) is 0 Å². The molecule has 0 aromatic carbocycles. The predicted octanol–water partition coefficient (Wildman–Crippen LogP) is 1.13. The van der Waals surface area contributed by atoms with Crippen molar-refractivity contribution in [2.24, 2.45) is 10.8 Å². The van der Waals surface area contributed by atoms with Gasteiger partial charge in [-0.05, 0) is 19.8 Å². The second kappa shape index (κ2) is 5.07. The van der Waals surface area contributed by atoms with Crippen molar-refractivity contribution in [3.63, 3.8) is 0 Å². The molecule has 3 atom stereocenters. The zero-order valence-corrected chi connectivity index (χ0v) is 13.9. The van der Waals surface area contributed by atoms with Gasteiger partial charge in [0.15, 0.2) is 10.1 Å². The number of halogens is 3. The Hall–Kier alpha value is -1.36. The van der Waals surface area contributed by atoms with Gasteiger partial charge in [-0.2, -0.15) is 8.78 Å². The smallest absolute Gasteiger partial charge is 0.368 e. The zero-order valence-electron chi connectivity index (χ0n) is 13.1. The van der Waals surface area contributed by atoms with Gasteiger partial charge >= 0.3 is 17.2 Å². The first-order chi connectivity index (χ1) is 10.6. The van der Waals surface area contributed by atoms with Crippen LogP contribution in [0.5, 0.6) is 0 Å². The van der Waals surface area contributed by atoms with Crippen LogP contribution in [0.3, 0.4) is 0 Å². The Balaban J connectivity index is 2.16. The van der Waals surface area contributed by atoms with Crippen LogP contribution in [-0.2, 0) is 29.2 Å². The molecule has 1 aliphatic heterocycles. The molecule has 138 valence electrons. The molecule has 0 amide bonds. The van der Waals surface area contributed by atoms with Gasteiger partial charge in [0.1, 0.15) is 6.61 Å². The lowest BCUT2D eigenvalue weighted by molar-refractivity contribution is -0.186. The average Bonchev–Trinajstić information content (AvgIpc) is 2.73. The summed E-state index contributed by atoms with van der Waals surface area (Å²) in [5.41, 5.74) is -3.78. The maximum atomic E-state index is 13.4. The van der Waals surface area contributed by atoms with Crippen molar-refractivity contribution in [3.8, 4) is 0 Å². The van der Waals surface area contributed by atoms with E-state index in [1.807, 2.05) is 0 Å². The van der Waals surface area contributed by atoms with E-state index < -0.39 is 56.5 Å². The minimum atomic E-state index is -6.26. The lowest BCUT2D eigenvalue weighted by Gasteiger charge is -2.34. The van der Waals surface area contributed by atoms with Gasteiger partial charge in [0.2, 0.25) is 11.8 Å². The first kappa shape index (κ1) is 19.0. The summed E-state index contributed by atoms with van der Waals surface area (Å²) in [7, 11) is -6.26. The van der Waals surface area contributed by atoms with E-state index in [-0.39, 0.29) is 12.8 Å². The highest BCUT2D eigenvalue weighted by Crippen LogP contribution is 2.65. The van der Waals surface area contributed by atoms with E-state index in [4.69, 9.17) is 4.74 Å². The highest BCUT2D eigenvalue weighted by Gasteiger charge is 2.76. The summed E-state index contributed by atoms with van der Waals surface area (Å²) in [6.45, 7) is 3.07. The molecule has 1 saturated heterocycles. The van der Waals surface area contributed by atoms with Crippen molar-refractivity contribution in [1.82, 2.24) is 0 Å². The molecule has 1 heterocycles. The summed E-state index contributed by atoms with van der Waals surface area (Å²) in [5.74, 6) is -1.90. The average molecular weight is 373 g/mol. The molecule has 2 aliphatic rings. The third kappa shape index (κ3) is 2.17. The molecule has 2 fully saturated rings. The summed E-state index contributed by atoms with van der Waals surface area (Å²) >= 11 is 0. The van der Waals surface area contributed by atoms with Crippen molar-refractivity contribution in [1.29, 1.82) is 0 Å². The highest BCUT2D eigenvalue weighted by atomic mass is 32.2. The minimum absolute atomic E-state index is 0.0638. The standard InChI is InChI=1S/C13H17F3O7S/c1-10(2)11(3)4-5-12(10,23-8(11)17)9(18)22-6-7(14)13(15,16)24(19,20)21/h7H,4-6H2,1-3H3,(H,19,20,21)/p-1. The number of alkyl halides is 3. The van der Waals surface area contributed by atoms with Gasteiger partial charge in [-0.15, -0.1) is 0 Å². The van der Waals surface area contributed by atoms with Gasteiger partial charge in [0.25, 0.3) is 0 Å². The van der Waals surface area contributed by atoms with Crippen LogP contribution in [0.15, 0.2) is 0 Å². The summed E-state index contributed by atoms with van der Waals surface area (Å²) in [6, 6.07) is 0. The van der Waals surface area contributed by atoms with Crippen LogP contribution in [0.25, 0.3) is 0 Å². The Labute approximate surface area is 136 Å². The van der Waals surface area contributed by atoms with Crippen LogP contribution in [0.4, 0.5) is 13.2 Å². The Kier molecular flexibility index (Phi) is 4.01. The fraction of sp³-hybridized carbons (Fsp3) is 0.846. The SMILES string of the molecule is CC12CCC(C(=O)OCC(F)C(F)(F)S(=O)(=O)[O-])(OC1=O)C2(C)C. The quantitative estimate of drug-likeness (QED) is 0.525. The molecule has 0 aromatic heterocycles. The molecule has 7 nitrogen and oxygen atoms in total. The number of esters is 2. The predicted molar refractivity (Wildman–Crippen MR) is 70.4 cm³/mol. The summed E-state index contributed by atoms with van der Waals surface area (Å²) in [4.78, 5) is 24.2. The monoisotopic (exact) mass is 373 g/mol. The van der Waals surface area contributed by atoms with E-state index in [1.54, 1.807) is 20.8 Å². The van der Waals surface area contributed by atoms with Crippen molar-refractivity contribution < 1.29 is 45.2 Å². The minimum Gasteiger partial charge on any atom is -0.743 e. The lowest BCUT2D eigenvalue weighted by atomic mass is 9.66. The van der Waals surface area contributed by atoms with E-state index in [0.717, 1.165) is 0 Å². The number of carbonyl (C=O) groups is 2. The fourth-order valence-electron chi connectivity index (χ4n) is 3.22. The van der Waals surface area contributed by atoms with E-state index in [2.05, 4.69) is 4.74 Å². The maximum Gasteiger partial charge on any atom is 0.368 e. The zero-order chi connectivity index (χ0) is 18.8. The fourth-order valence-corrected chi connectivity index (χ4v) is 3.60. The second-order valence-electron chi connectivity index (χ2n) is 6.76. The van der Waals surface area contributed by atoms with Gasteiger partial charge in [0, 0.05) is 5.41 Å². The first-order valence-corrected chi connectivity index (χ1v) is 8.42. The van der Waals surface area contributed by atoms with Crippen LogP contribution < -0.4 is 0 Å². The number of hydrogen-bond acceptors (Lipinski definition) is 7. The number of carbonyl (C=O) groups excluding carboxylic acids is 2. The molecule has 2 bridgehead atoms. The Bertz CT molecular complexity index is 690. The van der Waals surface area contributed by atoms with Gasteiger partial charge in [0.05, 0.1) is 5.41 Å². The molecule has 24 heavy (non-hydrogen) atoms. The molecule has 1 saturated carbocycles. The number of hydrogen-bond donors (Lipinski definition) is 0. The molecular weight excluding hydrogens is 357 g/mol. The van der Waals surface area contributed by atoms with Crippen LogP contribution in [0, 0.1) is 10.8 Å². The third-order valence-corrected chi connectivity index (χ3v) is 6.39. The molecule has 1 aliphatic carbocycles. The molecule has 3 unspecified atom stereocenters. The van der Waals surface area contributed by atoms with Gasteiger partial charge in [-0.1, -0.05) is 13.8 Å². The third-order valence-electron chi connectivity index (χ3n) is 5.47. The molecule has 0 N–H and O–H groups in total. The maximum absolute atomic E-state index is 13.4. The van der Waals surface area contributed by atoms with Crippen LogP contribution in [-0.4, -0.2) is 48.5 Å². The Morgan fingerprint density at radius 1 is 1.38 bits per heavy atom. The van der Waals surface area contributed by atoms with Crippen molar-refractivity contribution in [2.75, 3.05) is 6.61 Å². The summed E-state index contributed by atoms with van der Waals surface area (Å²) in [6.07, 6.45) is -3.18. The summed E-state index contributed by atoms with van der Waals surface area (Å²) < 4.78 is 80.1. The lowest BCUT2D eigenvalue weighted by Crippen LogP contribution is -2.50.